The van der Waals surface area contributed by atoms with Crippen LogP contribution in [0.2, 0.25) is 0 Å². The first-order chi connectivity index (χ1) is 9.56. The molecule has 20 heavy (non-hydrogen) atoms. The van der Waals surface area contributed by atoms with Crippen LogP contribution in [0.4, 0.5) is 5.69 Å². The second kappa shape index (κ2) is 6.63. The van der Waals surface area contributed by atoms with E-state index in [9.17, 15) is 10.1 Å². The van der Waals surface area contributed by atoms with E-state index in [1.165, 1.54) is 5.56 Å². The third-order valence-corrected chi connectivity index (χ3v) is 3.98. The molecule has 0 aliphatic rings. The van der Waals surface area contributed by atoms with E-state index in [2.05, 4.69) is 29.1 Å². The smallest absolute Gasteiger partial charge is 0.272 e. The Morgan fingerprint density at radius 2 is 2.15 bits per heavy atom. The Hall–Kier alpha value is -1.72. The molecule has 0 amide bonds. The molecule has 1 heterocycles. The summed E-state index contributed by atoms with van der Waals surface area (Å²) in [5.74, 6) is 0. The van der Waals surface area contributed by atoms with Crippen LogP contribution in [0, 0.1) is 17.0 Å². The molecule has 0 saturated carbocycles. The molecule has 0 aliphatic heterocycles. The molecule has 1 atom stereocenters. The van der Waals surface area contributed by atoms with Gasteiger partial charge < -0.3 is 5.32 Å². The fourth-order valence-electron chi connectivity index (χ4n) is 2.09. The van der Waals surface area contributed by atoms with Gasteiger partial charge in [0.05, 0.1) is 4.92 Å². The Morgan fingerprint density at radius 1 is 1.35 bits per heavy atom. The first-order valence-corrected chi connectivity index (χ1v) is 7.49. The van der Waals surface area contributed by atoms with Crippen molar-refractivity contribution in [3.8, 4) is 0 Å². The van der Waals surface area contributed by atoms with E-state index in [0.717, 1.165) is 12.0 Å². The van der Waals surface area contributed by atoms with Gasteiger partial charge in [-0.15, -0.1) is 0 Å². The molecule has 1 unspecified atom stereocenters. The summed E-state index contributed by atoms with van der Waals surface area (Å²) in [6, 6.07) is 7.86. The van der Waals surface area contributed by atoms with Gasteiger partial charge in [-0.25, -0.2) is 0 Å². The summed E-state index contributed by atoms with van der Waals surface area (Å²) in [6.45, 7) is 4.53. The number of hydrogen-bond acceptors (Lipinski definition) is 4. The third-order valence-electron chi connectivity index (χ3n) is 3.25. The number of hydrogen-bond donors (Lipinski definition) is 1. The molecule has 1 aromatic heterocycles. The average molecular weight is 290 g/mol. The average Bonchev–Trinajstić information content (AvgIpc) is 2.90. The van der Waals surface area contributed by atoms with Crippen molar-refractivity contribution in [1.82, 2.24) is 5.32 Å². The van der Waals surface area contributed by atoms with E-state index in [4.69, 9.17) is 0 Å². The SMILES string of the molecule is Cc1ccc(CNC(C)Cc2ccsc2)cc1[N+](=O)[O-]. The molecule has 1 N–H and O–H groups in total. The van der Waals surface area contributed by atoms with Gasteiger partial charge in [-0.05, 0) is 48.2 Å². The minimum absolute atomic E-state index is 0.190. The second-order valence-electron chi connectivity index (χ2n) is 5.00. The summed E-state index contributed by atoms with van der Waals surface area (Å²) in [7, 11) is 0. The van der Waals surface area contributed by atoms with Gasteiger partial charge in [-0.2, -0.15) is 11.3 Å². The number of nitrogens with one attached hydrogen (secondary N) is 1. The highest BCUT2D eigenvalue weighted by Gasteiger charge is 2.11. The Bertz CT molecular complexity index is 582. The molecule has 2 rings (SSSR count). The van der Waals surface area contributed by atoms with Crippen LogP contribution in [0.5, 0.6) is 0 Å². The van der Waals surface area contributed by atoms with Crippen molar-refractivity contribution in [3.05, 3.63) is 61.8 Å². The molecule has 2 aromatic rings. The van der Waals surface area contributed by atoms with Gasteiger partial charge in [0.25, 0.3) is 5.69 Å². The van der Waals surface area contributed by atoms with Crippen LogP contribution in [0.15, 0.2) is 35.0 Å². The van der Waals surface area contributed by atoms with Gasteiger partial charge in [0.2, 0.25) is 0 Å². The quantitative estimate of drug-likeness (QED) is 0.652. The van der Waals surface area contributed by atoms with E-state index >= 15 is 0 Å². The molecular weight excluding hydrogens is 272 g/mol. The van der Waals surface area contributed by atoms with Crippen molar-refractivity contribution in [2.45, 2.75) is 32.9 Å². The normalized spacial score (nSPS) is 12.3. The minimum Gasteiger partial charge on any atom is -0.310 e. The van der Waals surface area contributed by atoms with E-state index in [1.54, 1.807) is 30.4 Å². The van der Waals surface area contributed by atoms with Crippen molar-refractivity contribution in [1.29, 1.82) is 0 Å². The molecule has 106 valence electrons. The molecule has 0 radical (unpaired) electrons. The predicted molar refractivity (Wildman–Crippen MR) is 82.2 cm³/mol. The Balaban J connectivity index is 1.93. The van der Waals surface area contributed by atoms with Crippen molar-refractivity contribution >= 4 is 17.0 Å². The lowest BCUT2D eigenvalue weighted by molar-refractivity contribution is -0.385. The zero-order valence-electron chi connectivity index (χ0n) is 11.6. The van der Waals surface area contributed by atoms with E-state index < -0.39 is 0 Å². The zero-order valence-corrected chi connectivity index (χ0v) is 12.4. The van der Waals surface area contributed by atoms with Gasteiger partial charge in [-0.1, -0.05) is 12.1 Å². The number of benzene rings is 1. The monoisotopic (exact) mass is 290 g/mol. The van der Waals surface area contributed by atoms with Crippen LogP contribution in [0.25, 0.3) is 0 Å². The molecule has 1 aromatic carbocycles. The van der Waals surface area contributed by atoms with Crippen molar-refractivity contribution < 1.29 is 4.92 Å². The maximum atomic E-state index is 10.9. The van der Waals surface area contributed by atoms with Gasteiger partial charge in [0, 0.05) is 24.2 Å². The third kappa shape index (κ3) is 3.88. The fraction of sp³-hybridized carbons (Fsp3) is 0.333. The van der Waals surface area contributed by atoms with E-state index in [0.29, 0.717) is 18.2 Å². The number of rotatable bonds is 6. The maximum absolute atomic E-state index is 10.9. The summed E-state index contributed by atoms with van der Waals surface area (Å²) in [5.41, 5.74) is 3.16. The molecule has 0 aliphatic carbocycles. The molecule has 0 spiro atoms. The van der Waals surface area contributed by atoms with Crippen LogP contribution < -0.4 is 5.32 Å². The summed E-state index contributed by atoms with van der Waals surface area (Å²) < 4.78 is 0. The Kier molecular flexibility index (Phi) is 4.87. The lowest BCUT2D eigenvalue weighted by Crippen LogP contribution is -2.27. The zero-order chi connectivity index (χ0) is 14.5. The maximum Gasteiger partial charge on any atom is 0.272 e. The molecule has 0 fully saturated rings. The van der Waals surface area contributed by atoms with Crippen LogP contribution in [0.1, 0.15) is 23.6 Å². The summed E-state index contributed by atoms with van der Waals surface area (Å²) >= 11 is 1.70. The number of nitro groups is 1. The second-order valence-corrected chi connectivity index (χ2v) is 5.78. The molecule has 4 nitrogen and oxygen atoms in total. The predicted octanol–water partition coefficient (Wildman–Crippen LogP) is 3.69. The molecular formula is C15H18N2O2S. The number of nitrogens with zero attached hydrogens (tertiary/aromatic N) is 1. The Morgan fingerprint density at radius 3 is 2.80 bits per heavy atom. The van der Waals surface area contributed by atoms with Gasteiger partial charge in [-0.3, -0.25) is 10.1 Å². The molecule has 0 bridgehead atoms. The first kappa shape index (κ1) is 14.7. The van der Waals surface area contributed by atoms with Crippen LogP contribution in [0.3, 0.4) is 0 Å². The standard InChI is InChI=1S/C15H18N2O2S/c1-11-3-4-13(8-15(11)17(18)19)9-16-12(2)7-14-5-6-20-10-14/h3-6,8,10,12,16H,7,9H2,1-2H3. The van der Waals surface area contributed by atoms with E-state index in [1.807, 2.05) is 6.07 Å². The summed E-state index contributed by atoms with van der Waals surface area (Å²) in [4.78, 5) is 10.6. The topological polar surface area (TPSA) is 55.2 Å². The van der Waals surface area contributed by atoms with Crippen molar-refractivity contribution in [2.24, 2.45) is 0 Å². The molecule has 0 saturated heterocycles. The van der Waals surface area contributed by atoms with Gasteiger partial charge in [0.1, 0.15) is 0 Å². The summed E-state index contributed by atoms with van der Waals surface area (Å²) in [5, 5.41) is 18.5. The van der Waals surface area contributed by atoms with Crippen molar-refractivity contribution in [2.75, 3.05) is 0 Å². The highest BCUT2D eigenvalue weighted by atomic mass is 32.1. The highest BCUT2D eigenvalue weighted by Crippen LogP contribution is 2.19. The number of thiophene rings is 1. The summed E-state index contributed by atoms with van der Waals surface area (Å²) in [6.07, 6.45) is 0.970. The number of nitro benzene ring substituents is 1. The van der Waals surface area contributed by atoms with Crippen molar-refractivity contribution in [3.63, 3.8) is 0 Å². The van der Waals surface area contributed by atoms with Gasteiger partial charge >= 0.3 is 0 Å². The number of aryl methyl sites for hydroxylation is 1. The van der Waals surface area contributed by atoms with Crippen LogP contribution in [-0.2, 0) is 13.0 Å². The first-order valence-electron chi connectivity index (χ1n) is 6.54. The fourth-order valence-corrected chi connectivity index (χ4v) is 2.77. The van der Waals surface area contributed by atoms with Gasteiger partial charge in [0.15, 0.2) is 0 Å². The lowest BCUT2D eigenvalue weighted by atomic mass is 10.1. The lowest BCUT2D eigenvalue weighted by Gasteiger charge is -2.13. The highest BCUT2D eigenvalue weighted by molar-refractivity contribution is 7.07. The van der Waals surface area contributed by atoms with E-state index in [-0.39, 0.29) is 10.6 Å². The van der Waals surface area contributed by atoms with Crippen LogP contribution in [-0.4, -0.2) is 11.0 Å². The minimum atomic E-state index is -0.326. The van der Waals surface area contributed by atoms with Crippen LogP contribution >= 0.6 is 11.3 Å². The largest absolute Gasteiger partial charge is 0.310 e. The Labute approximate surface area is 122 Å². The molecule has 5 heteroatoms.